The fourth-order valence-electron chi connectivity index (χ4n) is 2.30. The van der Waals surface area contributed by atoms with E-state index in [1.807, 2.05) is 19.1 Å². The van der Waals surface area contributed by atoms with E-state index < -0.39 is 0 Å². The molecule has 0 radical (unpaired) electrons. The topological polar surface area (TPSA) is 42.6 Å². The zero-order valence-electron chi connectivity index (χ0n) is 9.32. The third-order valence-electron chi connectivity index (χ3n) is 3.44. The molecule has 0 aliphatic carbocycles. The van der Waals surface area contributed by atoms with Gasteiger partial charge in [-0.15, -0.1) is 0 Å². The Kier molecular flexibility index (Phi) is 2.85. The molecule has 0 aromatic carbocycles. The quantitative estimate of drug-likeness (QED) is 0.825. The molecule has 2 heterocycles. The minimum Gasteiger partial charge on any atom is -0.466 e. The van der Waals surface area contributed by atoms with Gasteiger partial charge in [-0.2, -0.15) is 0 Å². The summed E-state index contributed by atoms with van der Waals surface area (Å²) < 4.78 is 11.0. The number of aliphatic hydroxyl groups is 1. The van der Waals surface area contributed by atoms with E-state index in [4.69, 9.17) is 9.15 Å². The predicted octanol–water partition coefficient (Wildman–Crippen LogP) is 1.87. The molecule has 1 fully saturated rings. The van der Waals surface area contributed by atoms with Crippen LogP contribution in [-0.2, 0) is 10.2 Å². The number of hydrogen-bond acceptors (Lipinski definition) is 3. The van der Waals surface area contributed by atoms with Crippen LogP contribution in [-0.4, -0.2) is 24.9 Å². The van der Waals surface area contributed by atoms with E-state index in [1.165, 1.54) is 0 Å². The minimum atomic E-state index is -0.0856. The third-order valence-corrected chi connectivity index (χ3v) is 3.44. The molecule has 2 rings (SSSR count). The van der Waals surface area contributed by atoms with Gasteiger partial charge in [0, 0.05) is 6.61 Å². The molecule has 1 aliphatic rings. The SMILES string of the molecule is CCC(CO)C1(c2ccc(C)o2)COC1. The first-order valence-corrected chi connectivity index (χ1v) is 5.48. The van der Waals surface area contributed by atoms with Crippen molar-refractivity contribution in [1.29, 1.82) is 0 Å². The van der Waals surface area contributed by atoms with Crippen molar-refractivity contribution in [2.24, 2.45) is 5.92 Å². The second kappa shape index (κ2) is 3.99. The second-order valence-corrected chi connectivity index (χ2v) is 4.35. The number of hydrogen-bond donors (Lipinski definition) is 1. The highest BCUT2D eigenvalue weighted by Crippen LogP contribution is 2.41. The number of ether oxygens (including phenoxy) is 1. The lowest BCUT2D eigenvalue weighted by Gasteiger charge is -2.44. The Labute approximate surface area is 90.0 Å². The number of aryl methyl sites for hydroxylation is 1. The molecular weight excluding hydrogens is 192 g/mol. The van der Waals surface area contributed by atoms with Crippen LogP contribution in [0, 0.1) is 12.8 Å². The van der Waals surface area contributed by atoms with Gasteiger partial charge < -0.3 is 14.3 Å². The van der Waals surface area contributed by atoms with Crippen molar-refractivity contribution in [3.8, 4) is 0 Å². The maximum absolute atomic E-state index is 9.40. The number of furan rings is 1. The molecule has 0 saturated carbocycles. The molecule has 1 N–H and O–H groups in total. The first-order chi connectivity index (χ1) is 7.23. The van der Waals surface area contributed by atoms with Crippen LogP contribution in [0.15, 0.2) is 16.5 Å². The number of rotatable bonds is 4. The van der Waals surface area contributed by atoms with Crippen molar-refractivity contribution in [2.45, 2.75) is 25.7 Å². The summed E-state index contributed by atoms with van der Waals surface area (Å²) >= 11 is 0. The average Bonchev–Trinajstić information content (AvgIpc) is 2.58. The molecule has 0 spiro atoms. The van der Waals surface area contributed by atoms with Crippen LogP contribution in [0.5, 0.6) is 0 Å². The van der Waals surface area contributed by atoms with Crippen LogP contribution in [0.25, 0.3) is 0 Å². The van der Waals surface area contributed by atoms with Crippen LogP contribution in [0.4, 0.5) is 0 Å². The summed E-state index contributed by atoms with van der Waals surface area (Å²) in [4.78, 5) is 0. The Hall–Kier alpha value is -0.800. The van der Waals surface area contributed by atoms with E-state index in [-0.39, 0.29) is 17.9 Å². The van der Waals surface area contributed by atoms with Gasteiger partial charge in [-0.05, 0) is 31.4 Å². The first-order valence-electron chi connectivity index (χ1n) is 5.48. The van der Waals surface area contributed by atoms with Crippen LogP contribution < -0.4 is 0 Å². The minimum absolute atomic E-state index is 0.0856. The van der Waals surface area contributed by atoms with Crippen LogP contribution in [0.2, 0.25) is 0 Å². The second-order valence-electron chi connectivity index (χ2n) is 4.35. The molecule has 1 aromatic rings. The van der Waals surface area contributed by atoms with Gasteiger partial charge in [-0.25, -0.2) is 0 Å². The Morgan fingerprint density at radius 2 is 2.20 bits per heavy atom. The molecule has 1 saturated heterocycles. The zero-order chi connectivity index (χ0) is 10.9. The van der Waals surface area contributed by atoms with E-state index in [9.17, 15) is 5.11 Å². The molecule has 15 heavy (non-hydrogen) atoms. The fourth-order valence-corrected chi connectivity index (χ4v) is 2.30. The maximum Gasteiger partial charge on any atom is 0.115 e. The normalized spacial score (nSPS) is 21.0. The summed E-state index contributed by atoms with van der Waals surface area (Å²) in [5, 5.41) is 9.40. The summed E-state index contributed by atoms with van der Waals surface area (Å²) in [6.45, 7) is 5.56. The molecule has 1 unspecified atom stereocenters. The smallest absolute Gasteiger partial charge is 0.115 e. The van der Waals surface area contributed by atoms with E-state index in [2.05, 4.69) is 6.92 Å². The Morgan fingerprint density at radius 3 is 2.53 bits per heavy atom. The lowest BCUT2D eigenvalue weighted by Crippen LogP contribution is -2.53. The highest BCUT2D eigenvalue weighted by Gasteiger charge is 2.48. The van der Waals surface area contributed by atoms with Crippen molar-refractivity contribution in [3.05, 3.63) is 23.7 Å². The molecule has 3 nitrogen and oxygen atoms in total. The van der Waals surface area contributed by atoms with Crippen molar-refractivity contribution in [3.63, 3.8) is 0 Å². The zero-order valence-corrected chi connectivity index (χ0v) is 9.32. The summed E-state index contributed by atoms with van der Waals surface area (Å²) in [6.07, 6.45) is 0.944. The van der Waals surface area contributed by atoms with Crippen LogP contribution >= 0.6 is 0 Å². The van der Waals surface area contributed by atoms with Gasteiger partial charge in [0.1, 0.15) is 11.5 Å². The Bertz CT molecular complexity index is 321. The monoisotopic (exact) mass is 210 g/mol. The van der Waals surface area contributed by atoms with Crippen molar-refractivity contribution in [1.82, 2.24) is 0 Å². The third kappa shape index (κ3) is 1.60. The van der Waals surface area contributed by atoms with Gasteiger partial charge in [-0.3, -0.25) is 0 Å². The van der Waals surface area contributed by atoms with Crippen molar-refractivity contribution >= 4 is 0 Å². The molecule has 1 aromatic heterocycles. The molecule has 0 bridgehead atoms. The standard InChI is InChI=1S/C12H18O3/c1-3-10(6-13)12(7-14-8-12)11-5-4-9(2)15-11/h4-5,10,13H,3,6-8H2,1-2H3. The van der Waals surface area contributed by atoms with Crippen LogP contribution in [0.1, 0.15) is 24.9 Å². The molecule has 1 atom stereocenters. The van der Waals surface area contributed by atoms with Crippen LogP contribution in [0.3, 0.4) is 0 Å². The average molecular weight is 210 g/mol. The lowest BCUT2D eigenvalue weighted by molar-refractivity contribution is -0.111. The van der Waals surface area contributed by atoms with Gasteiger partial charge in [0.25, 0.3) is 0 Å². The Balaban J connectivity index is 2.28. The first kappa shape index (κ1) is 10.7. The molecule has 84 valence electrons. The molecule has 0 amide bonds. The number of aliphatic hydroxyl groups excluding tert-OH is 1. The van der Waals surface area contributed by atoms with Gasteiger partial charge in [-0.1, -0.05) is 6.92 Å². The lowest BCUT2D eigenvalue weighted by atomic mass is 9.71. The summed E-state index contributed by atoms with van der Waals surface area (Å²) in [7, 11) is 0. The largest absolute Gasteiger partial charge is 0.466 e. The summed E-state index contributed by atoms with van der Waals surface area (Å²) in [6, 6.07) is 3.98. The maximum atomic E-state index is 9.40. The molecule has 1 aliphatic heterocycles. The summed E-state index contributed by atoms with van der Waals surface area (Å²) in [5.74, 6) is 2.12. The van der Waals surface area contributed by atoms with E-state index in [1.54, 1.807) is 0 Å². The van der Waals surface area contributed by atoms with E-state index in [0.29, 0.717) is 13.2 Å². The van der Waals surface area contributed by atoms with Crippen molar-refractivity contribution < 1.29 is 14.3 Å². The highest BCUT2D eigenvalue weighted by atomic mass is 16.5. The molecular formula is C12H18O3. The van der Waals surface area contributed by atoms with Gasteiger partial charge in [0.15, 0.2) is 0 Å². The fraction of sp³-hybridized carbons (Fsp3) is 0.667. The predicted molar refractivity (Wildman–Crippen MR) is 56.8 cm³/mol. The summed E-state index contributed by atoms with van der Waals surface area (Å²) in [5.41, 5.74) is -0.0856. The van der Waals surface area contributed by atoms with Crippen molar-refractivity contribution in [2.75, 3.05) is 19.8 Å². The van der Waals surface area contributed by atoms with Gasteiger partial charge in [0.2, 0.25) is 0 Å². The Morgan fingerprint density at radius 1 is 1.47 bits per heavy atom. The van der Waals surface area contributed by atoms with Gasteiger partial charge in [0.05, 0.1) is 18.6 Å². The molecule has 3 heteroatoms. The van der Waals surface area contributed by atoms with Gasteiger partial charge >= 0.3 is 0 Å². The van der Waals surface area contributed by atoms with E-state index in [0.717, 1.165) is 17.9 Å². The highest BCUT2D eigenvalue weighted by molar-refractivity contribution is 5.22. The van der Waals surface area contributed by atoms with E-state index >= 15 is 0 Å².